The summed E-state index contributed by atoms with van der Waals surface area (Å²) in [5.41, 5.74) is 5.78. The molecule has 0 aliphatic rings. The van der Waals surface area contributed by atoms with E-state index in [0.29, 0.717) is 5.56 Å². The highest BCUT2D eigenvalue weighted by Gasteiger charge is 2.23. The van der Waals surface area contributed by atoms with Crippen LogP contribution in [-0.2, 0) is 0 Å². The number of ether oxygens (including phenoxy) is 2. The normalized spacial score (nSPS) is 12.0. The van der Waals surface area contributed by atoms with Gasteiger partial charge < -0.3 is 20.3 Å². The van der Waals surface area contributed by atoms with Crippen molar-refractivity contribution in [2.24, 2.45) is 5.73 Å². The molecule has 1 aromatic rings. The van der Waals surface area contributed by atoms with Crippen molar-refractivity contribution < 1.29 is 19.5 Å². The van der Waals surface area contributed by atoms with Gasteiger partial charge in [-0.3, -0.25) is 10.1 Å². The fourth-order valence-electron chi connectivity index (χ4n) is 1.42. The van der Waals surface area contributed by atoms with E-state index in [1.54, 1.807) is 0 Å². The van der Waals surface area contributed by atoms with E-state index in [1.165, 1.54) is 26.4 Å². The Morgan fingerprint density at radius 1 is 1.47 bits per heavy atom. The number of nitro benzene ring substituents is 1. The van der Waals surface area contributed by atoms with Crippen LogP contribution >= 0.6 is 0 Å². The summed E-state index contributed by atoms with van der Waals surface area (Å²) in [7, 11) is 2.69. The largest absolute Gasteiger partial charge is 0.493 e. The summed E-state index contributed by atoms with van der Waals surface area (Å²) in [4.78, 5) is 10.3. The van der Waals surface area contributed by atoms with Crippen LogP contribution in [0.1, 0.15) is 11.6 Å². The summed E-state index contributed by atoms with van der Waals surface area (Å²) in [5.74, 6) is 0.243. The highest BCUT2D eigenvalue weighted by atomic mass is 16.6. The Morgan fingerprint density at radius 3 is 2.53 bits per heavy atom. The molecule has 7 nitrogen and oxygen atoms in total. The van der Waals surface area contributed by atoms with Crippen molar-refractivity contribution in [3.63, 3.8) is 0 Å². The van der Waals surface area contributed by atoms with Gasteiger partial charge in [-0.25, -0.2) is 0 Å². The zero-order chi connectivity index (χ0) is 13.0. The lowest BCUT2D eigenvalue weighted by molar-refractivity contribution is -0.385. The van der Waals surface area contributed by atoms with E-state index in [4.69, 9.17) is 20.3 Å². The van der Waals surface area contributed by atoms with Crippen molar-refractivity contribution in [3.8, 4) is 11.5 Å². The Kier molecular flexibility index (Phi) is 4.24. The number of hydrogen-bond acceptors (Lipinski definition) is 6. The fraction of sp³-hybridized carbons (Fsp3) is 0.400. The molecule has 0 saturated heterocycles. The fourth-order valence-corrected chi connectivity index (χ4v) is 1.42. The lowest BCUT2D eigenvalue weighted by atomic mass is 10.1. The number of benzene rings is 1. The van der Waals surface area contributed by atoms with E-state index in [1.807, 2.05) is 0 Å². The van der Waals surface area contributed by atoms with Gasteiger partial charge in [0.05, 0.1) is 31.8 Å². The molecule has 94 valence electrons. The van der Waals surface area contributed by atoms with Crippen LogP contribution in [-0.4, -0.2) is 30.9 Å². The summed E-state index contributed by atoms with van der Waals surface area (Å²) in [6.45, 7) is -0.313. The molecule has 0 amide bonds. The molecule has 0 aliphatic carbocycles. The molecule has 0 aromatic heterocycles. The van der Waals surface area contributed by atoms with Crippen molar-refractivity contribution in [1.29, 1.82) is 0 Å². The quantitative estimate of drug-likeness (QED) is 0.578. The maximum atomic E-state index is 10.9. The van der Waals surface area contributed by atoms with Crippen molar-refractivity contribution in [1.82, 2.24) is 0 Å². The molecule has 0 radical (unpaired) electrons. The van der Waals surface area contributed by atoms with Gasteiger partial charge in [0.2, 0.25) is 5.75 Å². The third kappa shape index (κ3) is 2.63. The van der Waals surface area contributed by atoms with E-state index >= 15 is 0 Å². The molecule has 3 N–H and O–H groups in total. The molecule has 1 aromatic carbocycles. The minimum absolute atomic E-state index is 0.0337. The van der Waals surface area contributed by atoms with Gasteiger partial charge in [0.25, 0.3) is 0 Å². The second-order valence-corrected chi connectivity index (χ2v) is 3.32. The maximum absolute atomic E-state index is 10.9. The van der Waals surface area contributed by atoms with Crippen LogP contribution in [0.25, 0.3) is 0 Å². The van der Waals surface area contributed by atoms with Gasteiger partial charge in [-0.1, -0.05) is 0 Å². The minimum atomic E-state index is -0.700. The third-order valence-electron chi connectivity index (χ3n) is 2.30. The highest BCUT2D eigenvalue weighted by Crippen LogP contribution is 2.38. The Bertz CT molecular complexity index is 421. The van der Waals surface area contributed by atoms with Crippen molar-refractivity contribution in [3.05, 3.63) is 27.8 Å². The molecule has 0 spiro atoms. The molecule has 0 aliphatic heterocycles. The first kappa shape index (κ1) is 13.2. The number of aliphatic hydroxyl groups excluding tert-OH is 1. The van der Waals surface area contributed by atoms with Crippen LogP contribution in [0.5, 0.6) is 11.5 Å². The van der Waals surface area contributed by atoms with Gasteiger partial charge in [0, 0.05) is 6.07 Å². The van der Waals surface area contributed by atoms with Gasteiger partial charge in [-0.05, 0) is 11.6 Å². The maximum Gasteiger partial charge on any atom is 0.315 e. The van der Waals surface area contributed by atoms with Crippen LogP contribution in [0.3, 0.4) is 0 Å². The number of rotatable bonds is 5. The smallest absolute Gasteiger partial charge is 0.315 e. The van der Waals surface area contributed by atoms with Crippen LogP contribution in [0, 0.1) is 10.1 Å². The predicted molar refractivity (Wildman–Crippen MR) is 60.2 cm³/mol. The average Bonchev–Trinajstić information content (AvgIpc) is 2.35. The molecule has 17 heavy (non-hydrogen) atoms. The molecular formula is C10H14N2O5. The molecule has 0 bridgehead atoms. The summed E-state index contributed by atoms with van der Waals surface area (Å²) >= 11 is 0. The lowest BCUT2D eigenvalue weighted by Gasteiger charge is -2.13. The standard InChI is InChI=1S/C10H14N2O5/c1-16-9-4-6(7(11)5-13)3-8(12(14)15)10(9)17-2/h3-4,7,13H,5,11H2,1-2H3. The van der Waals surface area contributed by atoms with Crippen molar-refractivity contribution in [2.75, 3.05) is 20.8 Å². The molecule has 7 heteroatoms. The van der Waals surface area contributed by atoms with E-state index in [2.05, 4.69) is 0 Å². The van der Waals surface area contributed by atoms with Gasteiger partial charge >= 0.3 is 5.69 Å². The van der Waals surface area contributed by atoms with E-state index in [0.717, 1.165) is 0 Å². The summed E-state index contributed by atoms with van der Waals surface area (Å²) < 4.78 is 9.92. The average molecular weight is 242 g/mol. The highest BCUT2D eigenvalue weighted by molar-refractivity contribution is 5.58. The Morgan fingerprint density at radius 2 is 2.12 bits per heavy atom. The Hall–Kier alpha value is -1.86. The SMILES string of the molecule is COc1cc(C(N)CO)cc([N+](=O)[O-])c1OC. The minimum Gasteiger partial charge on any atom is -0.493 e. The topological polar surface area (TPSA) is 108 Å². The number of nitrogens with zero attached hydrogens (tertiary/aromatic N) is 1. The molecule has 0 fully saturated rings. The zero-order valence-electron chi connectivity index (χ0n) is 9.54. The lowest BCUT2D eigenvalue weighted by Crippen LogP contribution is -2.15. The second-order valence-electron chi connectivity index (χ2n) is 3.32. The van der Waals surface area contributed by atoms with E-state index in [-0.39, 0.29) is 23.8 Å². The van der Waals surface area contributed by atoms with E-state index in [9.17, 15) is 10.1 Å². The summed E-state index contributed by atoms with van der Waals surface area (Å²) in [6.07, 6.45) is 0. The number of nitrogens with two attached hydrogens (primary N) is 1. The van der Waals surface area contributed by atoms with E-state index < -0.39 is 11.0 Å². The first-order valence-electron chi connectivity index (χ1n) is 4.81. The van der Waals surface area contributed by atoms with Gasteiger partial charge in [-0.2, -0.15) is 0 Å². The molecule has 0 heterocycles. The third-order valence-corrected chi connectivity index (χ3v) is 2.30. The number of methoxy groups -OCH3 is 2. The zero-order valence-corrected chi connectivity index (χ0v) is 9.54. The van der Waals surface area contributed by atoms with Crippen molar-refractivity contribution in [2.45, 2.75) is 6.04 Å². The van der Waals surface area contributed by atoms with Crippen LogP contribution in [0.15, 0.2) is 12.1 Å². The van der Waals surface area contributed by atoms with Crippen molar-refractivity contribution >= 4 is 5.69 Å². The van der Waals surface area contributed by atoms with Crippen LogP contribution in [0.4, 0.5) is 5.69 Å². The monoisotopic (exact) mass is 242 g/mol. The second kappa shape index (κ2) is 5.46. The molecular weight excluding hydrogens is 228 g/mol. The number of nitro groups is 1. The summed E-state index contributed by atoms with van der Waals surface area (Å²) in [6, 6.07) is 2.07. The Labute approximate surface area is 97.9 Å². The first-order valence-corrected chi connectivity index (χ1v) is 4.81. The van der Waals surface area contributed by atoms with Gasteiger partial charge in [0.1, 0.15) is 0 Å². The number of aliphatic hydroxyl groups is 1. The number of hydrogen-bond donors (Lipinski definition) is 2. The van der Waals surface area contributed by atoms with Gasteiger partial charge in [0.15, 0.2) is 5.75 Å². The predicted octanol–water partition coefficient (Wildman–Crippen LogP) is 0.604. The van der Waals surface area contributed by atoms with Crippen LogP contribution in [0.2, 0.25) is 0 Å². The Balaban J connectivity index is 3.39. The molecule has 1 rings (SSSR count). The first-order chi connectivity index (χ1) is 8.04. The van der Waals surface area contributed by atoms with Gasteiger partial charge in [-0.15, -0.1) is 0 Å². The summed E-state index contributed by atoms with van der Waals surface area (Å²) in [5, 5.41) is 19.8. The molecule has 1 atom stereocenters. The molecule has 1 unspecified atom stereocenters. The molecule has 0 saturated carbocycles. The van der Waals surface area contributed by atoms with Crippen LogP contribution < -0.4 is 15.2 Å².